The average Bonchev–Trinajstić information content (AvgIpc) is 3.05. The lowest BCUT2D eigenvalue weighted by molar-refractivity contribution is 0.357. The molecule has 1 aliphatic carbocycles. The first kappa shape index (κ1) is 17.1. The van der Waals surface area contributed by atoms with Gasteiger partial charge in [-0.15, -0.1) is 0 Å². The molecule has 1 saturated carbocycles. The third-order valence-electron chi connectivity index (χ3n) is 5.31. The summed E-state index contributed by atoms with van der Waals surface area (Å²) in [5, 5.41) is 2.74. The number of rotatable bonds is 5. The summed E-state index contributed by atoms with van der Waals surface area (Å²) in [6.45, 7) is 7.18. The van der Waals surface area contributed by atoms with E-state index in [2.05, 4.69) is 16.8 Å². The molecule has 0 spiro atoms. The van der Waals surface area contributed by atoms with E-state index in [-0.39, 0.29) is 17.0 Å². The van der Waals surface area contributed by atoms with Crippen LogP contribution in [0.15, 0.2) is 41.5 Å². The Bertz CT molecular complexity index is 700. The lowest BCUT2D eigenvalue weighted by Gasteiger charge is -2.17. The third-order valence-corrected chi connectivity index (χ3v) is 6.61. The topological polar surface area (TPSA) is 41.3 Å². The van der Waals surface area contributed by atoms with Gasteiger partial charge in [0.2, 0.25) is 0 Å². The maximum absolute atomic E-state index is 14.0. The van der Waals surface area contributed by atoms with Crippen LogP contribution in [0.25, 0.3) is 0 Å². The number of likely N-dealkylation sites (tertiary alicyclic amines) is 1. The molecule has 4 unspecified atom stereocenters. The molecule has 4 rings (SSSR count). The van der Waals surface area contributed by atoms with Crippen molar-refractivity contribution in [3.05, 3.63) is 58.7 Å². The molecule has 2 aliphatic heterocycles. The first-order chi connectivity index (χ1) is 12.0. The highest BCUT2D eigenvalue weighted by Crippen LogP contribution is 2.55. The number of benzene rings is 1. The Balaban J connectivity index is 1.33. The van der Waals surface area contributed by atoms with Crippen molar-refractivity contribution in [2.45, 2.75) is 24.3 Å². The van der Waals surface area contributed by atoms with Gasteiger partial charge in [-0.1, -0.05) is 30.0 Å². The number of hydrogen-bond donors (Lipinski definition) is 2. The van der Waals surface area contributed by atoms with Crippen LogP contribution in [0.3, 0.4) is 0 Å². The van der Waals surface area contributed by atoms with Crippen LogP contribution in [0.2, 0.25) is 0 Å². The van der Waals surface area contributed by atoms with Crippen LogP contribution >= 0.6 is 11.8 Å². The summed E-state index contributed by atoms with van der Waals surface area (Å²) in [5.41, 5.74) is 7.32. The predicted octanol–water partition coefficient (Wildman–Crippen LogP) is 3.37. The molecule has 2 fully saturated rings. The number of nitrogens with one attached hydrogen (secondary N) is 1. The normalized spacial score (nSPS) is 31.7. The second-order valence-corrected chi connectivity index (χ2v) is 8.42. The Morgan fingerprint density at radius 2 is 2.12 bits per heavy atom. The van der Waals surface area contributed by atoms with Gasteiger partial charge in [0.05, 0.1) is 5.56 Å². The zero-order valence-corrected chi connectivity index (χ0v) is 14.9. The molecular formula is C19H23F2N3S. The largest absolute Gasteiger partial charge is 0.374 e. The van der Waals surface area contributed by atoms with Gasteiger partial charge in [0.1, 0.15) is 17.0 Å². The van der Waals surface area contributed by atoms with Gasteiger partial charge in [0.25, 0.3) is 0 Å². The summed E-state index contributed by atoms with van der Waals surface area (Å²) in [4.78, 5) is 3.55. The Morgan fingerprint density at radius 3 is 2.80 bits per heavy atom. The molecule has 3 N–H and O–H groups in total. The molecule has 3 aliphatic rings. The molecule has 1 aromatic carbocycles. The minimum Gasteiger partial charge on any atom is -0.374 e. The van der Waals surface area contributed by atoms with Gasteiger partial charge in [-0.05, 0) is 36.8 Å². The molecule has 0 bridgehead atoms. The van der Waals surface area contributed by atoms with Crippen LogP contribution in [0.1, 0.15) is 23.8 Å². The standard InChI is InChI=1S/C19H23F2N3S/c1-11(9-24-6-5-12(22)10-24)13-7-14(13)17-8-23-19(25-17)18-15(20)3-2-4-16(18)21/h2-4,8,12-14,19,23H,1,5-7,9-10,22H2. The molecule has 3 nitrogen and oxygen atoms in total. The highest BCUT2D eigenvalue weighted by atomic mass is 32.2. The minimum absolute atomic E-state index is 0.112. The molecular weight excluding hydrogens is 340 g/mol. The van der Waals surface area contributed by atoms with Crippen LogP contribution in [0.4, 0.5) is 8.78 Å². The Morgan fingerprint density at radius 1 is 1.36 bits per heavy atom. The number of halogens is 2. The number of nitrogens with zero attached hydrogens (tertiary/aromatic N) is 1. The molecule has 1 saturated heterocycles. The fourth-order valence-corrected chi connectivity index (χ4v) is 5.15. The molecule has 134 valence electrons. The van der Waals surface area contributed by atoms with Crippen molar-refractivity contribution in [3.8, 4) is 0 Å². The van der Waals surface area contributed by atoms with Gasteiger partial charge in [-0.25, -0.2) is 8.78 Å². The van der Waals surface area contributed by atoms with E-state index in [9.17, 15) is 8.78 Å². The smallest absolute Gasteiger partial charge is 0.132 e. The first-order valence-corrected chi connectivity index (χ1v) is 9.63. The van der Waals surface area contributed by atoms with Crippen molar-refractivity contribution < 1.29 is 8.78 Å². The van der Waals surface area contributed by atoms with Crippen LogP contribution in [0.5, 0.6) is 0 Å². The van der Waals surface area contributed by atoms with Gasteiger partial charge in [0, 0.05) is 36.8 Å². The van der Waals surface area contributed by atoms with Gasteiger partial charge in [-0.2, -0.15) is 0 Å². The van der Waals surface area contributed by atoms with E-state index in [1.54, 1.807) is 0 Å². The summed E-state index contributed by atoms with van der Waals surface area (Å²) in [6.07, 6.45) is 4.05. The molecule has 2 heterocycles. The summed E-state index contributed by atoms with van der Waals surface area (Å²) in [5.74, 6) is -0.0914. The van der Waals surface area contributed by atoms with Crippen molar-refractivity contribution in [3.63, 3.8) is 0 Å². The molecule has 4 atom stereocenters. The van der Waals surface area contributed by atoms with Crippen LogP contribution in [0, 0.1) is 23.5 Å². The van der Waals surface area contributed by atoms with Gasteiger partial charge in [0.15, 0.2) is 0 Å². The van der Waals surface area contributed by atoms with Crippen LogP contribution in [-0.2, 0) is 0 Å². The van der Waals surface area contributed by atoms with E-state index in [1.165, 1.54) is 40.4 Å². The quantitative estimate of drug-likeness (QED) is 0.787. The van der Waals surface area contributed by atoms with Crippen molar-refractivity contribution in [1.29, 1.82) is 0 Å². The second kappa shape index (κ2) is 6.74. The SMILES string of the molecule is C=C(CN1CCC(N)C1)C1CC1C1=CNC(c2c(F)cccc2F)S1. The fraction of sp³-hybridized carbons (Fsp3) is 0.474. The molecule has 0 radical (unpaired) electrons. The number of nitrogens with two attached hydrogens (primary N) is 1. The van der Waals surface area contributed by atoms with Gasteiger partial charge < -0.3 is 11.1 Å². The molecule has 25 heavy (non-hydrogen) atoms. The first-order valence-electron chi connectivity index (χ1n) is 8.75. The van der Waals surface area contributed by atoms with Crippen LogP contribution < -0.4 is 11.1 Å². The van der Waals surface area contributed by atoms with E-state index in [4.69, 9.17) is 5.73 Å². The zero-order valence-electron chi connectivity index (χ0n) is 14.1. The third kappa shape index (κ3) is 3.48. The van der Waals surface area contributed by atoms with E-state index in [1.807, 2.05) is 6.20 Å². The average molecular weight is 363 g/mol. The molecule has 0 aromatic heterocycles. The number of thioether (sulfide) groups is 1. The Kier molecular flexibility index (Phi) is 4.60. The number of allylic oxidation sites excluding steroid dienone is 1. The highest BCUT2D eigenvalue weighted by Gasteiger charge is 2.44. The van der Waals surface area contributed by atoms with E-state index in [0.717, 1.165) is 32.5 Å². The highest BCUT2D eigenvalue weighted by molar-refractivity contribution is 8.03. The van der Waals surface area contributed by atoms with Crippen LogP contribution in [-0.4, -0.2) is 30.6 Å². The summed E-state index contributed by atoms with van der Waals surface area (Å²) < 4.78 is 27.9. The number of hydrogen-bond acceptors (Lipinski definition) is 4. The van der Waals surface area contributed by atoms with E-state index < -0.39 is 11.6 Å². The maximum Gasteiger partial charge on any atom is 0.132 e. The van der Waals surface area contributed by atoms with E-state index in [0.29, 0.717) is 11.8 Å². The van der Waals surface area contributed by atoms with Crippen molar-refractivity contribution in [2.24, 2.45) is 17.6 Å². The maximum atomic E-state index is 14.0. The van der Waals surface area contributed by atoms with Crippen molar-refractivity contribution >= 4 is 11.8 Å². The predicted molar refractivity (Wildman–Crippen MR) is 97.7 cm³/mol. The van der Waals surface area contributed by atoms with E-state index >= 15 is 0 Å². The van der Waals surface area contributed by atoms with Crippen molar-refractivity contribution in [2.75, 3.05) is 19.6 Å². The summed E-state index contributed by atoms with van der Waals surface area (Å²) >= 11 is 1.52. The molecule has 6 heteroatoms. The molecule has 0 amide bonds. The molecule has 1 aromatic rings. The summed E-state index contributed by atoms with van der Waals surface area (Å²) in [6, 6.07) is 4.30. The summed E-state index contributed by atoms with van der Waals surface area (Å²) in [7, 11) is 0. The van der Waals surface area contributed by atoms with Gasteiger partial charge in [-0.3, -0.25) is 4.90 Å². The lowest BCUT2D eigenvalue weighted by atomic mass is 10.1. The Labute approximate surface area is 151 Å². The zero-order chi connectivity index (χ0) is 17.6. The lowest BCUT2D eigenvalue weighted by Crippen LogP contribution is -2.28. The second-order valence-electron chi connectivity index (χ2n) is 7.24. The monoisotopic (exact) mass is 363 g/mol. The Hall–Kier alpha value is -1.37. The van der Waals surface area contributed by atoms with Gasteiger partial charge >= 0.3 is 0 Å². The minimum atomic E-state index is -0.498. The fourth-order valence-electron chi connectivity index (χ4n) is 3.83. The van der Waals surface area contributed by atoms with Crippen molar-refractivity contribution in [1.82, 2.24) is 10.2 Å².